The number of benzene rings is 1. The standard InChI is InChI=1S/C18H21ClN2O6S2/c1-21-18(23)13(15(20-21)10-4-5-10)16(22)11-6-7-12(29(3,25)26)17(14(11)19)28(24)9-8-27-2/h6-7,10,20H,4-5,8-9H2,1-3H3. The Bertz CT molecular complexity index is 1160. The second-order valence-corrected chi connectivity index (χ2v) is 10.8. The van der Waals surface area contributed by atoms with Gasteiger partial charge in [0.25, 0.3) is 5.56 Å². The van der Waals surface area contributed by atoms with E-state index >= 15 is 0 Å². The van der Waals surface area contributed by atoms with Crippen LogP contribution < -0.4 is 5.56 Å². The summed E-state index contributed by atoms with van der Waals surface area (Å²) in [5, 5.41) is 2.69. The van der Waals surface area contributed by atoms with Gasteiger partial charge in [-0.3, -0.25) is 23.6 Å². The van der Waals surface area contributed by atoms with E-state index in [0.717, 1.165) is 19.1 Å². The van der Waals surface area contributed by atoms with Crippen LogP contribution in [0.1, 0.15) is 40.4 Å². The summed E-state index contributed by atoms with van der Waals surface area (Å²) in [4.78, 5) is 25.4. The number of ketones is 1. The van der Waals surface area contributed by atoms with Crippen LogP contribution in [0.5, 0.6) is 0 Å². The molecular formula is C18H21ClN2O6S2. The number of ether oxygens (including phenoxy) is 1. The third-order valence-corrected chi connectivity index (χ3v) is 7.88. The second kappa shape index (κ2) is 8.17. The van der Waals surface area contributed by atoms with Gasteiger partial charge < -0.3 is 4.74 Å². The van der Waals surface area contributed by atoms with E-state index in [0.29, 0.717) is 5.69 Å². The van der Waals surface area contributed by atoms with Gasteiger partial charge in [0.15, 0.2) is 9.84 Å². The molecule has 29 heavy (non-hydrogen) atoms. The zero-order chi connectivity index (χ0) is 21.5. The van der Waals surface area contributed by atoms with Gasteiger partial charge in [-0.15, -0.1) is 0 Å². The van der Waals surface area contributed by atoms with E-state index in [4.69, 9.17) is 16.3 Å². The van der Waals surface area contributed by atoms with E-state index in [-0.39, 0.29) is 44.2 Å². The lowest BCUT2D eigenvalue weighted by Crippen LogP contribution is -2.21. The molecule has 3 rings (SSSR count). The van der Waals surface area contributed by atoms with E-state index in [1.807, 2.05) is 0 Å². The molecule has 1 N–H and O–H groups in total. The molecule has 1 unspecified atom stereocenters. The van der Waals surface area contributed by atoms with Crippen molar-refractivity contribution in [2.75, 3.05) is 25.7 Å². The van der Waals surface area contributed by atoms with Gasteiger partial charge >= 0.3 is 0 Å². The summed E-state index contributed by atoms with van der Waals surface area (Å²) < 4.78 is 43.3. The predicted molar refractivity (Wildman–Crippen MR) is 109 cm³/mol. The molecule has 1 aliphatic rings. The number of nitrogens with one attached hydrogen (secondary N) is 1. The third-order valence-electron chi connectivity index (χ3n) is 4.69. The normalized spacial score (nSPS) is 15.4. The number of halogens is 1. The minimum Gasteiger partial charge on any atom is -0.384 e. The third kappa shape index (κ3) is 4.25. The molecule has 158 valence electrons. The highest BCUT2D eigenvalue weighted by Crippen LogP contribution is 2.41. The van der Waals surface area contributed by atoms with Gasteiger partial charge in [0.2, 0.25) is 5.78 Å². The molecule has 1 aromatic carbocycles. The number of hydrogen-bond acceptors (Lipinski definition) is 6. The van der Waals surface area contributed by atoms with Crippen molar-refractivity contribution >= 4 is 38.0 Å². The summed E-state index contributed by atoms with van der Waals surface area (Å²) in [6, 6.07) is 2.48. The first-order valence-corrected chi connectivity index (χ1v) is 12.4. The number of nitrogens with zero attached hydrogens (tertiary/aromatic N) is 1. The van der Waals surface area contributed by atoms with Crippen molar-refractivity contribution < 1.29 is 22.2 Å². The van der Waals surface area contributed by atoms with Crippen LogP contribution in [0.3, 0.4) is 0 Å². The Morgan fingerprint density at radius 3 is 2.59 bits per heavy atom. The number of H-pyrrole nitrogens is 1. The molecule has 1 heterocycles. The van der Waals surface area contributed by atoms with Crippen LogP contribution in [0.4, 0.5) is 0 Å². The lowest BCUT2D eigenvalue weighted by Gasteiger charge is -2.13. The van der Waals surface area contributed by atoms with Crippen molar-refractivity contribution in [3.63, 3.8) is 0 Å². The maximum Gasteiger partial charge on any atom is 0.277 e. The minimum absolute atomic E-state index is 0.00955. The Labute approximate surface area is 175 Å². The average molecular weight is 461 g/mol. The maximum absolute atomic E-state index is 13.2. The fourth-order valence-corrected chi connectivity index (χ4v) is 6.25. The molecular weight excluding hydrogens is 440 g/mol. The van der Waals surface area contributed by atoms with E-state index < -0.39 is 32.0 Å². The van der Waals surface area contributed by atoms with E-state index in [2.05, 4.69) is 5.10 Å². The van der Waals surface area contributed by atoms with Gasteiger partial charge in [0, 0.05) is 31.9 Å². The highest BCUT2D eigenvalue weighted by atomic mass is 35.5. The number of carbonyl (C=O) groups excluding carboxylic acids is 1. The van der Waals surface area contributed by atoms with Gasteiger partial charge in [-0.05, 0) is 25.0 Å². The number of carbonyl (C=O) groups is 1. The number of aryl methyl sites for hydroxylation is 1. The molecule has 0 radical (unpaired) electrons. The zero-order valence-corrected chi connectivity index (χ0v) is 18.5. The van der Waals surface area contributed by atoms with Gasteiger partial charge in [0.1, 0.15) is 5.56 Å². The van der Waals surface area contributed by atoms with Crippen LogP contribution in [0.25, 0.3) is 0 Å². The van der Waals surface area contributed by atoms with E-state index in [9.17, 15) is 22.2 Å². The molecule has 0 aliphatic heterocycles. The van der Waals surface area contributed by atoms with Crippen molar-refractivity contribution in [2.24, 2.45) is 7.05 Å². The molecule has 0 bridgehead atoms. The smallest absolute Gasteiger partial charge is 0.277 e. The molecule has 2 aromatic rings. The average Bonchev–Trinajstić information content (AvgIpc) is 3.44. The molecule has 8 nitrogen and oxygen atoms in total. The topological polar surface area (TPSA) is 115 Å². The van der Waals surface area contributed by atoms with Crippen LogP contribution >= 0.6 is 11.6 Å². The van der Waals surface area contributed by atoms with Gasteiger partial charge in [-0.1, -0.05) is 11.6 Å². The number of rotatable bonds is 8. The Morgan fingerprint density at radius 2 is 2.03 bits per heavy atom. The van der Waals surface area contributed by atoms with Gasteiger partial charge in [0.05, 0.1) is 43.7 Å². The highest BCUT2D eigenvalue weighted by Gasteiger charge is 2.34. The Hall–Kier alpha value is -1.75. The van der Waals surface area contributed by atoms with Crippen LogP contribution in [-0.2, 0) is 32.4 Å². The molecule has 1 aromatic heterocycles. The monoisotopic (exact) mass is 460 g/mol. The summed E-state index contributed by atoms with van der Waals surface area (Å²) in [5.41, 5.74) is -0.00825. The highest BCUT2D eigenvalue weighted by molar-refractivity contribution is 7.92. The molecule has 11 heteroatoms. The minimum atomic E-state index is -3.75. The van der Waals surface area contributed by atoms with Crippen molar-refractivity contribution in [1.82, 2.24) is 9.78 Å². The summed E-state index contributed by atoms with van der Waals surface area (Å²) in [5.74, 6) is -0.508. The van der Waals surface area contributed by atoms with Crippen LogP contribution in [-0.4, -0.2) is 53.9 Å². The first kappa shape index (κ1) is 21.9. The van der Waals surface area contributed by atoms with Gasteiger partial charge in [-0.25, -0.2) is 8.42 Å². The molecule has 1 fully saturated rings. The fraction of sp³-hybridized carbons (Fsp3) is 0.444. The lowest BCUT2D eigenvalue weighted by atomic mass is 10.0. The second-order valence-electron chi connectivity index (χ2n) is 6.94. The van der Waals surface area contributed by atoms with Crippen molar-refractivity contribution in [3.8, 4) is 0 Å². The molecule has 1 saturated carbocycles. The van der Waals surface area contributed by atoms with Crippen LogP contribution in [0, 0.1) is 0 Å². The number of sulfone groups is 1. The largest absolute Gasteiger partial charge is 0.384 e. The van der Waals surface area contributed by atoms with Crippen molar-refractivity contribution in [3.05, 3.63) is 44.3 Å². The predicted octanol–water partition coefficient (Wildman–Crippen LogP) is 1.63. The Kier molecular flexibility index (Phi) is 6.19. The summed E-state index contributed by atoms with van der Waals surface area (Å²) >= 11 is 6.41. The Balaban J connectivity index is 2.18. The van der Waals surface area contributed by atoms with Crippen LogP contribution in [0.2, 0.25) is 5.02 Å². The lowest BCUT2D eigenvalue weighted by molar-refractivity contribution is 0.103. The van der Waals surface area contributed by atoms with Crippen molar-refractivity contribution in [2.45, 2.75) is 28.6 Å². The number of methoxy groups -OCH3 is 1. The first-order chi connectivity index (χ1) is 13.6. The molecule has 0 saturated heterocycles. The van der Waals surface area contributed by atoms with Gasteiger partial charge in [-0.2, -0.15) is 0 Å². The fourth-order valence-electron chi connectivity index (χ4n) is 3.07. The van der Waals surface area contributed by atoms with E-state index in [1.54, 1.807) is 0 Å². The number of hydrogen-bond donors (Lipinski definition) is 1. The molecule has 0 amide bonds. The molecule has 0 spiro atoms. The zero-order valence-electron chi connectivity index (χ0n) is 16.2. The Morgan fingerprint density at radius 1 is 1.38 bits per heavy atom. The first-order valence-electron chi connectivity index (χ1n) is 8.81. The molecule has 1 aliphatic carbocycles. The number of aromatic amines is 1. The summed E-state index contributed by atoms with van der Waals surface area (Å²) in [7, 11) is -2.62. The SMILES string of the molecule is COCCS(=O)c1c(S(C)(=O)=O)ccc(C(=O)c2c(C3CC3)[nH]n(C)c2=O)c1Cl. The summed E-state index contributed by atoms with van der Waals surface area (Å²) in [6.45, 7) is 0.120. The number of aromatic nitrogens is 2. The maximum atomic E-state index is 13.2. The van der Waals surface area contributed by atoms with Crippen molar-refractivity contribution in [1.29, 1.82) is 0 Å². The summed E-state index contributed by atoms with van der Waals surface area (Å²) in [6.07, 6.45) is 2.71. The van der Waals surface area contributed by atoms with Crippen LogP contribution in [0.15, 0.2) is 26.7 Å². The van der Waals surface area contributed by atoms with E-state index in [1.165, 1.54) is 31.0 Å². The molecule has 1 atom stereocenters. The quantitative estimate of drug-likeness (QED) is 0.598.